The number of benzene rings is 1. The van der Waals surface area contributed by atoms with E-state index in [1.165, 1.54) is 23.1 Å². The van der Waals surface area contributed by atoms with Gasteiger partial charge in [0.1, 0.15) is 5.82 Å². The van der Waals surface area contributed by atoms with Gasteiger partial charge in [-0.3, -0.25) is 0 Å². The summed E-state index contributed by atoms with van der Waals surface area (Å²) in [7, 11) is 3.28. The molecule has 5 nitrogen and oxygen atoms in total. The van der Waals surface area contributed by atoms with Crippen LogP contribution in [0.1, 0.15) is 5.56 Å². The Bertz CT molecular complexity index is 468. The standard InChI is InChI=1S/C12H15FN4O/c1-17(2)12(18)16-6-5-15-11-4-3-9(8-14)7-10(11)13/h3-4,7,15H,5-6H2,1-2H3,(H,16,18). The molecule has 0 unspecified atom stereocenters. The van der Waals surface area contributed by atoms with E-state index in [4.69, 9.17) is 5.26 Å². The molecule has 18 heavy (non-hydrogen) atoms. The van der Waals surface area contributed by atoms with Crippen molar-refractivity contribution < 1.29 is 9.18 Å². The smallest absolute Gasteiger partial charge is 0.316 e. The van der Waals surface area contributed by atoms with Crippen LogP contribution in [0, 0.1) is 17.1 Å². The number of anilines is 1. The minimum absolute atomic E-state index is 0.197. The first-order chi connectivity index (χ1) is 8.54. The van der Waals surface area contributed by atoms with Gasteiger partial charge >= 0.3 is 6.03 Å². The number of nitrogens with zero attached hydrogens (tertiary/aromatic N) is 2. The zero-order valence-electron chi connectivity index (χ0n) is 10.3. The third-order valence-corrected chi connectivity index (χ3v) is 2.22. The van der Waals surface area contributed by atoms with Crippen molar-refractivity contribution in [2.24, 2.45) is 0 Å². The van der Waals surface area contributed by atoms with Crippen molar-refractivity contribution >= 4 is 11.7 Å². The second kappa shape index (κ2) is 6.45. The molecule has 0 aliphatic rings. The van der Waals surface area contributed by atoms with Crippen LogP contribution in [0.3, 0.4) is 0 Å². The zero-order chi connectivity index (χ0) is 13.5. The maximum Gasteiger partial charge on any atom is 0.316 e. The number of carbonyl (C=O) groups excluding carboxylic acids is 1. The molecule has 0 aliphatic carbocycles. The number of halogens is 1. The molecule has 1 aromatic rings. The molecule has 1 rings (SSSR count). The van der Waals surface area contributed by atoms with Gasteiger partial charge in [0.05, 0.1) is 17.3 Å². The van der Waals surface area contributed by atoms with Gasteiger partial charge in [-0.05, 0) is 18.2 Å². The van der Waals surface area contributed by atoms with Crippen molar-refractivity contribution in [3.8, 4) is 6.07 Å². The fraction of sp³-hybridized carbons (Fsp3) is 0.333. The van der Waals surface area contributed by atoms with Gasteiger partial charge < -0.3 is 15.5 Å². The van der Waals surface area contributed by atoms with E-state index in [0.717, 1.165) is 0 Å². The number of amides is 2. The Morgan fingerprint density at radius 2 is 2.17 bits per heavy atom. The first kappa shape index (κ1) is 13.8. The summed E-state index contributed by atoms with van der Waals surface area (Å²) < 4.78 is 13.4. The van der Waals surface area contributed by atoms with Crippen molar-refractivity contribution in [3.63, 3.8) is 0 Å². The molecule has 0 fully saturated rings. The van der Waals surface area contributed by atoms with Gasteiger partial charge in [-0.2, -0.15) is 5.26 Å². The van der Waals surface area contributed by atoms with E-state index in [2.05, 4.69) is 10.6 Å². The molecule has 2 N–H and O–H groups in total. The highest BCUT2D eigenvalue weighted by atomic mass is 19.1. The Morgan fingerprint density at radius 1 is 1.44 bits per heavy atom. The minimum atomic E-state index is -0.479. The number of hydrogen-bond donors (Lipinski definition) is 2. The summed E-state index contributed by atoms with van der Waals surface area (Å²) in [6.45, 7) is 0.791. The van der Waals surface area contributed by atoms with E-state index in [0.29, 0.717) is 18.8 Å². The number of rotatable bonds is 4. The largest absolute Gasteiger partial charge is 0.381 e. The van der Waals surface area contributed by atoms with Gasteiger partial charge in [0.2, 0.25) is 0 Å². The highest BCUT2D eigenvalue weighted by Gasteiger charge is 2.04. The van der Waals surface area contributed by atoms with Crippen LogP contribution in [0.2, 0.25) is 0 Å². The van der Waals surface area contributed by atoms with E-state index in [9.17, 15) is 9.18 Å². The third-order valence-electron chi connectivity index (χ3n) is 2.22. The van der Waals surface area contributed by atoms with Gasteiger partial charge in [-0.1, -0.05) is 0 Å². The molecule has 1 aromatic carbocycles. The molecule has 0 saturated heterocycles. The van der Waals surface area contributed by atoms with Gasteiger partial charge in [0.15, 0.2) is 0 Å². The van der Waals surface area contributed by atoms with Crippen LogP contribution in [-0.4, -0.2) is 38.1 Å². The molecule has 0 atom stereocenters. The van der Waals surface area contributed by atoms with Crippen molar-refractivity contribution in [2.45, 2.75) is 0 Å². The van der Waals surface area contributed by atoms with Gasteiger partial charge in [-0.25, -0.2) is 9.18 Å². The number of urea groups is 1. The summed E-state index contributed by atoms with van der Waals surface area (Å²) in [6, 6.07) is 5.86. The van der Waals surface area contributed by atoms with Crippen LogP contribution in [-0.2, 0) is 0 Å². The molecule has 2 amide bonds. The van der Waals surface area contributed by atoms with Crippen LogP contribution < -0.4 is 10.6 Å². The van der Waals surface area contributed by atoms with E-state index in [1.54, 1.807) is 14.1 Å². The van der Waals surface area contributed by atoms with Crippen LogP contribution in [0.5, 0.6) is 0 Å². The molecule has 0 spiro atoms. The number of hydrogen-bond acceptors (Lipinski definition) is 3. The highest BCUT2D eigenvalue weighted by molar-refractivity contribution is 5.73. The average Bonchev–Trinajstić information content (AvgIpc) is 2.35. The predicted molar refractivity (Wildman–Crippen MR) is 66.7 cm³/mol. The monoisotopic (exact) mass is 250 g/mol. The maximum atomic E-state index is 13.4. The molecule has 0 bridgehead atoms. The van der Waals surface area contributed by atoms with E-state index >= 15 is 0 Å². The van der Waals surface area contributed by atoms with E-state index in [1.807, 2.05) is 6.07 Å². The first-order valence-corrected chi connectivity index (χ1v) is 5.43. The van der Waals surface area contributed by atoms with Gasteiger partial charge in [0, 0.05) is 27.2 Å². The number of nitrogens with one attached hydrogen (secondary N) is 2. The lowest BCUT2D eigenvalue weighted by Gasteiger charge is -2.12. The van der Waals surface area contributed by atoms with Gasteiger partial charge in [0.25, 0.3) is 0 Å². The summed E-state index contributed by atoms with van der Waals surface area (Å²) in [5.74, 6) is -0.479. The lowest BCUT2D eigenvalue weighted by molar-refractivity contribution is 0.218. The predicted octanol–water partition coefficient (Wildman–Crippen LogP) is 1.38. The van der Waals surface area contributed by atoms with Crippen LogP contribution in [0.25, 0.3) is 0 Å². The van der Waals surface area contributed by atoms with Crippen molar-refractivity contribution in [3.05, 3.63) is 29.6 Å². The second-order valence-corrected chi connectivity index (χ2v) is 3.86. The Labute approximate surface area is 105 Å². The Hall–Kier alpha value is -2.29. The van der Waals surface area contributed by atoms with E-state index in [-0.39, 0.29) is 11.6 Å². The average molecular weight is 250 g/mol. The molecule has 0 heterocycles. The lowest BCUT2D eigenvalue weighted by atomic mass is 10.2. The summed E-state index contributed by atoms with van der Waals surface area (Å²) in [5.41, 5.74) is 0.590. The molecule has 0 aliphatic heterocycles. The minimum Gasteiger partial charge on any atom is -0.381 e. The van der Waals surface area contributed by atoms with Crippen LogP contribution in [0.15, 0.2) is 18.2 Å². The zero-order valence-corrected chi connectivity index (χ0v) is 10.3. The van der Waals surface area contributed by atoms with Crippen molar-refractivity contribution in [1.82, 2.24) is 10.2 Å². The first-order valence-electron chi connectivity index (χ1n) is 5.43. The topological polar surface area (TPSA) is 68.2 Å². The molecule has 96 valence electrons. The Morgan fingerprint density at radius 3 is 2.72 bits per heavy atom. The second-order valence-electron chi connectivity index (χ2n) is 3.86. The molecular weight excluding hydrogens is 235 g/mol. The molecule has 6 heteroatoms. The summed E-state index contributed by atoms with van der Waals surface area (Å²) in [5, 5.41) is 14.1. The number of carbonyl (C=O) groups is 1. The summed E-state index contributed by atoms with van der Waals surface area (Å²) in [4.78, 5) is 12.6. The van der Waals surface area contributed by atoms with Crippen LogP contribution in [0.4, 0.5) is 14.9 Å². The van der Waals surface area contributed by atoms with Crippen molar-refractivity contribution in [1.29, 1.82) is 5.26 Å². The SMILES string of the molecule is CN(C)C(=O)NCCNc1ccc(C#N)cc1F. The maximum absolute atomic E-state index is 13.4. The Balaban J connectivity index is 2.41. The molecular formula is C12H15FN4O. The molecule has 0 radical (unpaired) electrons. The lowest BCUT2D eigenvalue weighted by Crippen LogP contribution is -2.37. The highest BCUT2D eigenvalue weighted by Crippen LogP contribution is 2.14. The summed E-state index contributed by atoms with van der Waals surface area (Å²) >= 11 is 0. The third kappa shape index (κ3) is 3.94. The van der Waals surface area contributed by atoms with E-state index < -0.39 is 5.82 Å². The Kier molecular flexibility index (Phi) is 4.93. The molecule has 0 aromatic heterocycles. The fourth-order valence-corrected chi connectivity index (χ4v) is 1.25. The normalized spacial score (nSPS) is 9.44. The van der Waals surface area contributed by atoms with Crippen molar-refractivity contribution in [2.75, 3.05) is 32.5 Å². The fourth-order valence-electron chi connectivity index (χ4n) is 1.25. The van der Waals surface area contributed by atoms with Crippen LogP contribution >= 0.6 is 0 Å². The number of nitriles is 1. The van der Waals surface area contributed by atoms with Gasteiger partial charge in [-0.15, -0.1) is 0 Å². The quantitative estimate of drug-likeness (QED) is 0.793. The molecule has 0 saturated carbocycles. The summed E-state index contributed by atoms with van der Waals surface area (Å²) in [6.07, 6.45) is 0.